The van der Waals surface area contributed by atoms with Gasteiger partial charge in [-0.1, -0.05) is 11.6 Å². The van der Waals surface area contributed by atoms with E-state index in [1.807, 2.05) is 0 Å². The molecule has 0 spiro atoms. The largest absolute Gasteiger partial charge is 0.485 e. The summed E-state index contributed by atoms with van der Waals surface area (Å²) in [5, 5.41) is 0.596. The molecule has 0 atom stereocenters. The number of aryl methyl sites for hydroxylation is 1. The highest BCUT2D eigenvalue weighted by atomic mass is 35.5. The van der Waals surface area contributed by atoms with Crippen LogP contribution in [0.25, 0.3) is 0 Å². The first-order chi connectivity index (χ1) is 10.9. The number of halogens is 1. The number of rotatable bonds is 6. The molecule has 0 aliphatic carbocycles. The third kappa shape index (κ3) is 3.93. The Hall–Kier alpha value is -2.27. The van der Waals surface area contributed by atoms with Crippen LogP contribution in [-0.2, 0) is 4.74 Å². The molecule has 122 valence electrons. The van der Waals surface area contributed by atoms with E-state index in [-0.39, 0.29) is 19.0 Å². The zero-order valence-electron chi connectivity index (χ0n) is 13.2. The van der Waals surface area contributed by atoms with Crippen LogP contribution in [0.1, 0.15) is 39.0 Å². The third-order valence-electron chi connectivity index (χ3n) is 3.38. The molecule has 0 saturated heterocycles. The fourth-order valence-corrected chi connectivity index (χ4v) is 2.42. The van der Waals surface area contributed by atoms with Crippen LogP contribution < -0.4 is 4.74 Å². The number of hydrogen-bond donors (Lipinski definition) is 1. The van der Waals surface area contributed by atoms with Crippen molar-refractivity contribution in [3.63, 3.8) is 0 Å². The first-order valence-corrected chi connectivity index (χ1v) is 7.59. The van der Waals surface area contributed by atoms with Gasteiger partial charge in [-0.25, -0.2) is 4.79 Å². The summed E-state index contributed by atoms with van der Waals surface area (Å²) >= 11 is 5.80. The van der Waals surface area contributed by atoms with E-state index < -0.39 is 5.97 Å². The molecule has 1 N–H and O–H groups in total. The number of hydrogen-bond acceptors (Lipinski definition) is 4. The molecule has 6 heteroatoms. The van der Waals surface area contributed by atoms with Crippen molar-refractivity contribution in [2.24, 2.45) is 0 Å². The van der Waals surface area contributed by atoms with Gasteiger partial charge in [-0.05, 0) is 50.6 Å². The minimum Gasteiger partial charge on any atom is -0.485 e. The molecule has 0 fully saturated rings. The zero-order valence-corrected chi connectivity index (χ0v) is 14.0. The van der Waals surface area contributed by atoms with Gasteiger partial charge in [0, 0.05) is 10.7 Å². The van der Waals surface area contributed by atoms with Crippen LogP contribution in [0.15, 0.2) is 24.3 Å². The first-order valence-electron chi connectivity index (χ1n) is 7.21. The average Bonchev–Trinajstić information content (AvgIpc) is 2.81. The van der Waals surface area contributed by atoms with E-state index in [4.69, 9.17) is 21.1 Å². The molecular weight excluding hydrogens is 318 g/mol. The highest BCUT2D eigenvalue weighted by molar-refractivity contribution is 6.30. The van der Waals surface area contributed by atoms with Gasteiger partial charge in [-0.2, -0.15) is 0 Å². The van der Waals surface area contributed by atoms with E-state index in [0.29, 0.717) is 33.3 Å². The maximum absolute atomic E-state index is 12.3. The summed E-state index contributed by atoms with van der Waals surface area (Å²) < 4.78 is 10.5. The van der Waals surface area contributed by atoms with Crippen molar-refractivity contribution in [2.45, 2.75) is 20.8 Å². The maximum atomic E-state index is 12.3. The molecule has 0 unspecified atom stereocenters. The van der Waals surface area contributed by atoms with Crippen LogP contribution in [-0.4, -0.2) is 30.0 Å². The Morgan fingerprint density at radius 2 is 1.83 bits per heavy atom. The molecular formula is C17H18ClNO4. The van der Waals surface area contributed by atoms with Crippen LogP contribution in [0.4, 0.5) is 0 Å². The van der Waals surface area contributed by atoms with Crippen molar-refractivity contribution in [1.29, 1.82) is 0 Å². The normalized spacial score (nSPS) is 10.4. The molecule has 2 aromatic rings. The SMILES string of the molecule is CCOC(=O)c1c(C)[nH]c(C(=O)COc2ccc(Cl)cc2)c1C. The summed E-state index contributed by atoms with van der Waals surface area (Å²) in [6, 6.07) is 6.74. The van der Waals surface area contributed by atoms with Gasteiger partial charge in [-0.15, -0.1) is 0 Å². The molecule has 2 rings (SSSR count). The van der Waals surface area contributed by atoms with Gasteiger partial charge in [0.1, 0.15) is 5.75 Å². The average molecular weight is 336 g/mol. The monoisotopic (exact) mass is 335 g/mol. The third-order valence-corrected chi connectivity index (χ3v) is 3.63. The summed E-state index contributed by atoms with van der Waals surface area (Å²) in [5.74, 6) is -0.123. The Kier molecular flexibility index (Phi) is 5.45. The Labute approximate surface area is 139 Å². The second-order valence-electron chi connectivity index (χ2n) is 5.01. The van der Waals surface area contributed by atoms with Crippen molar-refractivity contribution in [1.82, 2.24) is 4.98 Å². The number of ketones is 1. The predicted molar refractivity (Wildman–Crippen MR) is 87.5 cm³/mol. The number of H-pyrrole nitrogens is 1. The lowest BCUT2D eigenvalue weighted by atomic mass is 10.1. The summed E-state index contributed by atoms with van der Waals surface area (Å²) in [5.41, 5.74) is 1.95. The highest BCUT2D eigenvalue weighted by Crippen LogP contribution is 2.20. The van der Waals surface area contributed by atoms with Crippen LogP contribution in [0.5, 0.6) is 5.75 Å². The van der Waals surface area contributed by atoms with Crippen LogP contribution in [0.2, 0.25) is 5.02 Å². The van der Waals surface area contributed by atoms with E-state index in [9.17, 15) is 9.59 Å². The molecule has 0 saturated carbocycles. The zero-order chi connectivity index (χ0) is 17.0. The first kappa shape index (κ1) is 17.1. The minimum absolute atomic E-state index is 0.134. The smallest absolute Gasteiger partial charge is 0.340 e. The van der Waals surface area contributed by atoms with Crippen molar-refractivity contribution in [2.75, 3.05) is 13.2 Å². The molecule has 0 aliphatic heterocycles. The highest BCUT2D eigenvalue weighted by Gasteiger charge is 2.22. The van der Waals surface area contributed by atoms with E-state index in [1.54, 1.807) is 45.0 Å². The standard InChI is InChI=1S/C17H18ClNO4/c1-4-22-17(21)15-10(2)16(19-11(15)3)14(20)9-23-13-7-5-12(18)6-8-13/h5-8,19H,4,9H2,1-3H3. The fraction of sp³-hybridized carbons (Fsp3) is 0.294. The summed E-state index contributed by atoms with van der Waals surface area (Å²) in [7, 11) is 0. The molecule has 23 heavy (non-hydrogen) atoms. The van der Waals surface area contributed by atoms with Crippen LogP contribution in [0, 0.1) is 13.8 Å². The summed E-state index contributed by atoms with van der Waals surface area (Å²) in [6.45, 7) is 5.33. The minimum atomic E-state index is -0.434. The molecule has 1 heterocycles. The lowest BCUT2D eigenvalue weighted by Gasteiger charge is -2.05. The Morgan fingerprint density at radius 3 is 2.43 bits per heavy atom. The Balaban J connectivity index is 2.12. The number of Topliss-reactive ketones (excluding diaryl/α,β-unsaturated/α-hetero) is 1. The summed E-state index contributed by atoms with van der Waals surface area (Å²) in [4.78, 5) is 27.2. The summed E-state index contributed by atoms with van der Waals surface area (Å²) in [6.07, 6.45) is 0. The van der Waals surface area contributed by atoms with Crippen molar-refractivity contribution in [3.8, 4) is 5.75 Å². The quantitative estimate of drug-likeness (QED) is 0.645. The Morgan fingerprint density at radius 1 is 1.17 bits per heavy atom. The number of esters is 1. The second kappa shape index (κ2) is 7.33. The van der Waals surface area contributed by atoms with Crippen LogP contribution in [0.3, 0.4) is 0 Å². The second-order valence-corrected chi connectivity index (χ2v) is 5.45. The van der Waals surface area contributed by atoms with E-state index in [2.05, 4.69) is 4.98 Å². The van der Waals surface area contributed by atoms with Gasteiger partial charge in [0.25, 0.3) is 0 Å². The van der Waals surface area contributed by atoms with Gasteiger partial charge in [0.2, 0.25) is 5.78 Å². The van der Waals surface area contributed by atoms with Gasteiger partial charge in [-0.3, -0.25) is 4.79 Å². The van der Waals surface area contributed by atoms with Gasteiger partial charge in [0.15, 0.2) is 6.61 Å². The molecule has 0 aliphatic rings. The number of benzene rings is 1. The number of aromatic nitrogens is 1. The number of aromatic amines is 1. The predicted octanol–water partition coefficient (Wildman–Crippen LogP) is 3.72. The number of carbonyl (C=O) groups excluding carboxylic acids is 2. The molecule has 0 radical (unpaired) electrons. The molecule has 1 aromatic carbocycles. The number of ether oxygens (including phenoxy) is 2. The molecule has 5 nitrogen and oxygen atoms in total. The molecule has 0 bridgehead atoms. The fourth-order valence-electron chi connectivity index (χ4n) is 2.29. The maximum Gasteiger partial charge on any atom is 0.340 e. The Bertz CT molecular complexity index is 719. The van der Waals surface area contributed by atoms with Crippen molar-refractivity contribution < 1.29 is 19.1 Å². The lowest BCUT2D eigenvalue weighted by molar-refractivity contribution is 0.0525. The number of nitrogens with one attached hydrogen (secondary N) is 1. The van der Waals surface area contributed by atoms with Gasteiger partial charge in [0.05, 0.1) is 17.9 Å². The van der Waals surface area contributed by atoms with E-state index in [0.717, 1.165) is 0 Å². The van der Waals surface area contributed by atoms with Crippen molar-refractivity contribution in [3.05, 3.63) is 51.8 Å². The molecule has 0 amide bonds. The lowest BCUT2D eigenvalue weighted by Crippen LogP contribution is -2.13. The van der Waals surface area contributed by atoms with Crippen LogP contribution >= 0.6 is 11.6 Å². The topological polar surface area (TPSA) is 68.4 Å². The van der Waals surface area contributed by atoms with E-state index in [1.165, 1.54) is 0 Å². The molecule has 1 aromatic heterocycles. The van der Waals surface area contributed by atoms with E-state index >= 15 is 0 Å². The van der Waals surface area contributed by atoms with Gasteiger partial charge < -0.3 is 14.5 Å². The number of carbonyl (C=O) groups is 2. The van der Waals surface area contributed by atoms with Gasteiger partial charge >= 0.3 is 5.97 Å². The van der Waals surface area contributed by atoms with Crippen molar-refractivity contribution >= 4 is 23.4 Å².